The molecule has 0 atom stereocenters. The molecule has 0 unspecified atom stereocenters. The van der Waals surface area contributed by atoms with Gasteiger partial charge in [-0.3, -0.25) is 0 Å². The standard InChI is InChI=1S/C9H8F3N3O2/c10-9(11,12)7(14-15-8(13)17)5-3-1-2-4-6(5)16/h1-4,16H,(H3,13,15,17). The summed E-state index contributed by atoms with van der Waals surface area (Å²) < 4.78 is 37.8. The highest BCUT2D eigenvalue weighted by Crippen LogP contribution is 2.27. The van der Waals surface area contributed by atoms with Crippen LogP contribution < -0.4 is 11.2 Å². The van der Waals surface area contributed by atoms with Gasteiger partial charge in [0.25, 0.3) is 0 Å². The Balaban J connectivity index is 3.21. The van der Waals surface area contributed by atoms with Gasteiger partial charge in [0.1, 0.15) is 5.75 Å². The molecule has 0 aromatic heterocycles. The fourth-order valence-corrected chi connectivity index (χ4v) is 1.06. The Bertz CT molecular complexity index is 457. The summed E-state index contributed by atoms with van der Waals surface area (Å²) in [6.07, 6.45) is -4.83. The number of phenols is 1. The van der Waals surface area contributed by atoms with Crippen LogP contribution in [0.25, 0.3) is 0 Å². The summed E-state index contributed by atoms with van der Waals surface area (Å²) >= 11 is 0. The maximum Gasteiger partial charge on any atom is 0.435 e. The lowest BCUT2D eigenvalue weighted by molar-refractivity contribution is -0.0584. The Hall–Kier alpha value is -2.25. The smallest absolute Gasteiger partial charge is 0.435 e. The number of benzene rings is 1. The molecule has 0 aliphatic heterocycles. The van der Waals surface area contributed by atoms with Crippen molar-refractivity contribution in [1.29, 1.82) is 0 Å². The molecule has 2 amide bonds. The van der Waals surface area contributed by atoms with Gasteiger partial charge in [-0.25, -0.2) is 10.2 Å². The van der Waals surface area contributed by atoms with E-state index in [1.165, 1.54) is 17.6 Å². The lowest BCUT2D eigenvalue weighted by atomic mass is 10.1. The van der Waals surface area contributed by atoms with E-state index < -0.39 is 29.2 Å². The van der Waals surface area contributed by atoms with Gasteiger partial charge in [-0.05, 0) is 12.1 Å². The van der Waals surface area contributed by atoms with Crippen LogP contribution in [-0.4, -0.2) is 23.0 Å². The first kappa shape index (κ1) is 12.8. The number of carbonyl (C=O) groups excluding carboxylic acids is 1. The Morgan fingerprint density at radius 3 is 2.41 bits per heavy atom. The summed E-state index contributed by atoms with van der Waals surface area (Å²) in [6.45, 7) is 0. The van der Waals surface area contributed by atoms with Crippen LogP contribution in [0, 0.1) is 0 Å². The zero-order valence-corrected chi connectivity index (χ0v) is 8.32. The van der Waals surface area contributed by atoms with Crippen molar-refractivity contribution < 1.29 is 23.1 Å². The Kier molecular flexibility index (Phi) is 3.56. The molecule has 4 N–H and O–H groups in total. The number of carbonyl (C=O) groups is 1. The molecule has 0 heterocycles. The molecule has 0 radical (unpaired) electrons. The number of nitrogens with one attached hydrogen (secondary N) is 1. The van der Waals surface area contributed by atoms with Crippen LogP contribution in [0.1, 0.15) is 5.56 Å². The maximum atomic E-state index is 12.6. The van der Waals surface area contributed by atoms with E-state index in [1.807, 2.05) is 0 Å². The minimum Gasteiger partial charge on any atom is -0.507 e. The van der Waals surface area contributed by atoms with Crippen molar-refractivity contribution in [3.63, 3.8) is 0 Å². The van der Waals surface area contributed by atoms with Gasteiger partial charge >= 0.3 is 12.2 Å². The fourth-order valence-electron chi connectivity index (χ4n) is 1.06. The zero-order chi connectivity index (χ0) is 13.1. The number of alkyl halides is 3. The fraction of sp³-hybridized carbons (Fsp3) is 0.111. The van der Waals surface area contributed by atoms with Gasteiger partial charge in [-0.15, -0.1) is 0 Å². The van der Waals surface area contributed by atoms with Gasteiger partial charge in [-0.1, -0.05) is 12.1 Å². The molecular weight excluding hydrogens is 239 g/mol. The molecule has 17 heavy (non-hydrogen) atoms. The number of urea groups is 1. The van der Waals surface area contributed by atoms with Crippen molar-refractivity contribution in [3.8, 4) is 5.75 Å². The van der Waals surface area contributed by atoms with Crippen molar-refractivity contribution in [3.05, 3.63) is 29.8 Å². The van der Waals surface area contributed by atoms with Crippen molar-refractivity contribution in [2.75, 3.05) is 0 Å². The van der Waals surface area contributed by atoms with E-state index in [9.17, 15) is 23.1 Å². The van der Waals surface area contributed by atoms with E-state index in [0.717, 1.165) is 12.1 Å². The third-order valence-electron chi connectivity index (χ3n) is 1.71. The van der Waals surface area contributed by atoms with Crippen LogP contribution in [0.15, 0.2) is 29.4 Å². The third-order valence-corrected chi connectivity index (χ3v) is 1.71. The van der Waals surface area contributed by atoms with Crippen molar-refractivity contribution >= 4 is 11.7 Å². The van der Waals surface area contributed by atoms with Crippen LogP contribution in [-0.2, 0) is 0 Å². The molecule has 0 fully saturated rings. The highest BCUT2D eigenvalue weighted by atomic mass is 19.4. The minimum atomic E-state index is -4.83. The lowest BCUT2D eigenvalue weighted by Gasteiger charge is -2.11. The molecule has 5 nitrogen and oxygen atoms in total. The molecule has 0 saturated heterocycles. The van der Waals surface area contributed by atoms with Crippen LogP contribution >= 0.6 is 0 Å². The zero-order valence-electron chi connectivity index (χ0n) is 8.32. The van der Waals surface area contributed by atoms with Gasteiger partial charge in [-0.2, -0.15) is 18.3 Å². The van der Waals surface area contributed by atoms with Gasteiger partial charge in [0.05, 0.1) is 0 Å². The van der Waals surface area contributed by atoms with E-state index >= 15 is 0 Å². The molecule has 1 aromatic rings. The maximum absolute atomic E-state index is 12.6. The largest absolute Gasteiger partial charge is 0.507 e. The number of amides is 2. The molecule has 92 valence electrons. The predicted octanol–water partition coefficient (Wildman–Crippen LogP) is 1.33. The molecule has 0 aliphatic rings. The molecule has 0 bridgehead atoms. The van der Waals surface area contributed by atoms with E-state index in [0.29, 0.717) is 0 Å². The number of primary amides is 1. The predicted molar refractivity (Wildman–Crippen MR) is 53.4 cm³/mol. The highest BCUT2D eigenvalue weighted by Gasteiger charge is 2.38. The summed E-state index contributed by atoms with van der Waals surface area (Å²) in [5.74, 6) is -0.602. The monoisotopic (exact) mass is 247 g/mol. The average Bonchev–Trinajstić information content (AvgIpc) is 2.18. The molecule has 0 aliphatic carbocycles. The number of nitrogens with zero attached hydrogens (tertiary/aromatic N) is 1. The van der Waals surface area contributed by atoms with Gasteiger partial charge in [0, 0.05) is 5.56 Å². The molecule has 0 saturated carbocycles. The second-order valence-corrected chi connectivity index (χ2v) is 2.95. The van der Waals surface area contributed by atoms with Crippen molar-refractivity contribution in [1.82, 2.24) is 5.43 Å². The number of nitrogens with two attached hydrogens (primary N) is 1. The van der Waals surface area contributed by atoms with Crippen LogP contribution in [0.3, 0.4) is 0 Å². The Morgan fingerprint density at radius 1 is 1.35 bits per heavy atom. The summed E-state index contributed by atoms with van der Waals surface area (Å²) in [5.41, 5.74) is 4.10. The molecule has 8 heteroatoms. The van der Waals surface area contributed by atoms with Crippen LogP contribution in [0.5, 0.6) is 5.75 Å². The topological polar surface area (TPSA) is 87.7 Å². The first-order valence-electron chi connectivity index (χ1n) is 4.31. The highest BCUT2D eigenvalue weighted by molar-refractivity contribution is 6.06. The van der Waals surface area contributed by atoms with Gasteiger partial charge in [0.15, 0.2) is 5.71 Å². The van der Waals surface area contributed by atoms with E-state index in [1.54, 1.807) is 0 Å². The summed E-state index contributed by atoms with van der Waals surface area (Å²) in [4.78, 5) is 10.3. The number of hydrogen-bond acceptors (Lipinski definition) is 3. The lowest BCUT2D eigenvalue weighted by Crippen LogP contribution is -2.31. The second-order valence-electron chi connectivity index (χ2n) is 2.95. The first-order valence-corrected chi connectivity index (χ1v) is 4.31. The Labute approximate surface area is 93.7 Å². The van der Waals surface area contributed by atoms with E-state index in [2.05, 4.69) is 10.8 Å². The quantitative estimate of drug-likeness (QED) is 0.543. The van der Waals surface area contributed by atoms with Crippen LogP contribution in [0.4, 0.5) is 18.0 Å². The van der Waals surface area contributed by atoms with Crippen molar-refractivity contribution in [2.45, 2.75) is 6.18 Å². The third kappa shape index (κ3) is 3.37. The van der Waals surface area contributed by atoms with Crippen molar-refractivity contribution in [2.24, 2.45) is 10.8 Å². The number of para-hydroxylation sites is 1. The SMILES string of the molecule is NC(=O)NN=C(c1ccccc1O)C(F)(F)F. The van der Waals surface area contributed by atoms with E-state index in [-0.39, 0.29) is 0 Å². The first-order chi connectivity index (χ1) is 7.82. The summed E-state index contributed by atoms with van der Waals surface area (Å²) in [5, 5.41) is 12.1. The molecule has 1 rings (SSSR count). The number of aromatic hydroxyl groups is 1. The molecule has 1 aromatic carbocycles. The Morgan fingerprint density at radius 2 is 1.94 bits per heavy atom. The number of rotatable bonds is 2. The molecule has 0 spiro atoms. The van der Waals surface area contributed by atoms with Gasteiger partial charge < -0.3 is 10.8 Å². The molecular formula is C9H8F3N3O2. The minimum absolute atomic E-state index is 0.547. The van der Waals surface area contributed by atoms with Gasteiger partial charge in [0.2, 0.25) is 0 Å². The summed E-state index contributed by atoms with van der Waals surface area (Å²) in [6, 6.07) is 3.50. The number of hydrogen-bond donors (Lipinski definition) is 3. The average molecular weight is 247 g/mol. The number of hydrazone groups is 1. The van der Waals surface area contributed by atoms with Crippen LogP contribution in [0.2, 0.25) is 0 Å². The number of phenolic OH excluding ortho intramolecular Hbond substituents is 1. The second kappa shape index (κ2) is 4.73. The normalized spacial score (nSPS) is 12.3. The number of halogens is 3. The van der Waals surface area contributed by atoms with E-state index in [4.69, 9.17) is 0 Å². The summed E-state index contributed by atoms with van der Waals surface area (Å²) in [7, 11) is 0.